The van der Waals surface area contributed by atoms with E-state index in [0.717, 1.165) is 12.1 Å². The highest BCUT2D eigenvalue weighted by atomic mass is 15.1. The first-order chi connectivity index (χ1) is 7.33. The second-order valence-electron chi connectivity index (χ2n) is 3.70. The summed E-state index contributed by atoms with van der Waals surface area (Å²) in [6.45, 7) is 0. The number of nitrogens with zero attached hydrogens (tertiary/aromatic N) is 2. The number of rotatable bonds is 1. The number of imidazole rings is 1. The Morgan fingerprint density at radius 3 is 3.07 bits per heavy atom. The van der Waals surface area contributed by atoms with Gasteiger partial charge in [-0.15, -0.1) is 0 Å². The Morgan fingerprint density at radius 2 is 2.27 bits per heavy atom. The highest BCUT2D eigenvalue weighted by Crippen LogP contribution is 2.22. The van der Waals surface area contributed by atoms with Gasteiger partial charge in [-0.3, -0.25) is 0 Å². The largest absolute Gasteiger partial charge is 0.382 e. The molecule has 0 aliphatic heterocycles. The molecule has 0 radical (unpaired) electrons. The number of aromatic nitrogens is 2. The molecule has 0 saturated heterocycles. The van der Waals surface area contributed by atoms with E-state index in [9.17, 15) is 0 Å². The highest BCUT2D eigenvalue weighted by molar-refractivity contribution is 5.62. The average Bonchev–Trinajstić information content (AvgIpc) is 2.84. The van der Waals surface area contributed by atoms with E-state index in [2.05, 4.69) is 35.3 Å². The molecule has 3 nitrogen and oxygen atoms in total. The van der Waals surface area contributed by atoms with E-state index >= 15 is 0 Å². The van der Waals surface area contributed by atoms with E-state index in [1.807, 2.05) is 10.8 Å². The number of hydrogen-bond acceptors (Lipinski definition) is 2. The number of fused-ring (bicyclic) bond motifs is 1. The number of allylic oxidation sites excluding steroid dienone is 1. The molecule has 2 N–H and O–H groups in total. The molecule has 0 unspecified atom stereocenters. The lowest BCUT2D eigenvalue weighted by atomic mass is 10.1. The third-order valence-corrected chi connectivity index (χ3v) is 2.66. The average molecular weight is 197 g/mol. The fourth-order valence-corrected chi connectivity index (χ4v) is 1.88. The van der Waals surface area contributed by atoms with E-state index in [1.54, 1.807) is 6.33 Å². The zero-order valence-corrected chi connectivity index (χ0v) is 8.22. The molecule has 3 heteroatoms. The molecule has 0 spiro atoms. The minimum atomic E-state index is 0.550. The molecular weight excluding hydrogens is 186 g/mol. The molecule has 0 saturated carbocycles. The van der Waals surface area contributed by atoms with Crippen LogP contribution in [0.4, 0.5) is 5.82 Å². The topological polar surface area (TPSA) is 43.8 Å². The quantitative estimate of drug-likeness (QED) is 0.760. The maximum atomic E-state index is 5.58. The number of hydrogen-bond donors (Lipinski definition) is 1. The lowest BCUT2D eigenvalue weighted by Gasteiger charge is -2.04. The first-order valence-electron chi connectivity index (χ1n) is 4.92. The van der Waals surface area contributed by atoms with Gasteiger partial charge in [0.15, 0.2) is 0 Å². The second kappa shape index (κ2) is 2.98. The minimum Gasteiger partial charge on any atom is -0.382 e. The first-order valence-corrected chi connectivity index (χ1v) is 4.92. The molecule has 2 aromatic rings. The summed E-state index contributed by atoms with van der Waals surface area (Å²) in [5.74, 6) is 0.550. The molecule has 0 atom stereocenters. The van der Waals surface area contributed by atoms with Gasteiger partial charge in [-0.05, 0) is 29.7 Å². The summed E-state index contributed by atoms with van der Waals surface area (Å²) < 4.78 is 1.94. The van der Waals surface area contributed by atoms with Crippen LogP contribution in [0.1, 0.15) is 11.1 Å². The van der Waals surface area contributed by atoms with Gasteiger partial charge in [-0.2, -0.15) is 0 Å². The second-order valence-corrected chi connectivity index (χ2v) is 3.70. The number of nitrogens with two attached hydrogens (primary N) is 1. The van der Waals surface area contributed by atoms with Crippen molar-refractivity contribution in [3.63, 3.8) is 0 Å². The predicted octanol–water partition coefficient (Wildman–Crippen LogP) is 2.02. The summed E-state index contributed by atoms with van der Waals surface area (Å²) >= 11 is 0. The summed E-state index contributed by atoms with van der Waals surface area (Å²) in [5, 5.41) is 0. The minimum absolute atomic E-state index is 0.550. The van der Waals surface area contributed by atoms with E-state index in [0.29, 0.717) is 5.82 Å². The number of benzene rings is 1. The smallest absolute Gasteiger partial charge is 0.141 e. The van der Waals surface area contributed by atoms with Crippen LogP contribution < -0.4 is 5.73 Å². The Labute approximate surface area is 87.9 Å². The normalized spacial score (nSPS) is 13.1. The standard InChI is InChI=1S/C12H11N3/c13-12-7-15(8-14-12)11-5-4-9-2-1-3-10(9)6-11/h1-2,4-8H,3,13H2. The maximum absolute atomic E-state index is 5.58. The third-order valence-electron chi connectivity index (χ3n) is 2.66. The molecule has 0 fully saturated rings. The molecule has 1 aliphatic rings. The van der Waals surface area contributed by atoms with E-state index in [4.69, 9.17) is 5.73 Å². The van der Waals surface area contributed by atoms with Gasteiger partial charge in [0.25, 0.3) is 0 Å². The van der Waals surface area contributed by atoms with Crippen molar-refractivity contribution < 1.29 is 0 Å². The van der Waals surface area contributed by atoms with Crippen molar-refractivity contribution in [2.45, 2.75) is 6.42 Å². The van der Waals surface area contributed by atoms with Crippen LogP contribution in [0.2, 0.25) is 0 Å². The van der Waals surface area contributed by atoms with Crippen molar-refractivity contribution in [3.05, 3.63) is 47.9 Å². The van der Waals surface area contributed by atoms with Crippen LogP contribution in [0.25, 0.3) is 11.8 Å². The van der Waals surface area contributed by atoms with Crippen molar-refractivity contribution in [1.82, 2.24) is 9.55 Å². The van der Waals surface area contributed by atoms with Crippen molar-refractivity contribution in [2.24, 2.45) is 0 Å². The van der Waals surface area contributed by atoms with Gasteiger partial charge in [0.2, 0.25) is 0 Å². The number of anilines is 1. The van der Waals surface area contributed by atoms with Crippen molar-refractivity contribution in [2.75, 3.05) is 5.73 Å². The molecule has 74 valence electrons. The van der Waals surface area contributed by atoms with Gasteiger partial charge in [0.1, 0.15) is 12.1 Å². The van der Waals surface area contributed by atoms with Crippen LogP contribution in [-0.2, 0) is 6.42 Å². The monoisotopic (exact) mass is 197 g/mol. The van der Waals surface area contributed by atoms with Gasteiger partial charge in [-0.1, -0.05) is 18.2 Å². The Morgan fingerprint density at radius 1 is 1.33 bits per heavy atom. The van der Waals surface area contributed by atoms with Crippen LogP contribution >= 0.6 is 0 Å². The summed E-state index contributed by atoms with van der Waals surface area (Å²) in [6.07, 6.45) is 8.91. The molecule has 1 heterocycles. The lowest BCUT2D eigenvalue weighted by molar-refractivity contribution is 1.05. The fraction of sp³-hybridized carbons (Fsp3) is 0.0833. The van der Waals surface area contributed by atoms with Crippen LogP contribution in [-0.4, -0.2) is 9.55 Å². The first kappa shape index (κ1) is 8.29. The van der Waals surface area contributed by atoms with Crippen molar-refractivity contribution in [3.8, 4) is 5.69 Å². The van der Waals surface area contributed by atoms with Crippen LogP contribution in [0.15, 0.2) is 36.8 Å². The van der Waals surface area contributed by atoms with Crippen molar-refractivity contribution in [1.29, 1.82) is 0 Å². The van der Waals surface area contributed by atoms with Gasteiger partial charge in [-0.25, -0.2) is 4.98 Å². The van der Waals surface area contributed by atoms with Gasteiger partial charge >= 0.3 is 0 Å². The molecule has 1 aromatic heterocycles. The zero-order valence-electron chi connectivity index (χ0n) is 8.22. The van der Waals surface area contributed by atoms with Crippen molar-refractivity contribution >= 4 is 11.9 Å². The summed E-state index contributed by atoms with van der Waals surface area (Å²) in [5.41, 5.74) is 9.37. The summed E-state index contributed by atoms with van der Waals surface area (Å²) in [4.78, 5) is 4.01. The molecule has 3 rings (SSSR count). The van der Waals surface area contributed by atoms with Crippen LogP contribution in [0, 0.1) is 0 Å². The van der Waals surface area contributed by atoms with Gasteiger partial charge in [0, 0.05) is 5.69 Å². The molecular formula is C12H11N3. The summed E-state index contributed by atoms with van der Waals surface area (Å²) in [7, 11) is 0. The Kier molecular flexibility index (Phi) is 1.65. The van der Waals surface area contributed by atoms with Gasteiger partial charge < -0.3 is 10.3 Å². The van der Waals surface area contributed by atoms with Gasteiger partial charge in [0.05, 0.1) is 6.20 Å². The predicted molar refractivity (Wildman–Crippen MR) is 60.7 cm³/mol. The molecule has 0 amide bonds. The summed E-state index contributed by atoms with van der Waals surface area (Å²) in [6, 6.07) is 6.39. The Balaban J connectivity index is 2.08. The van der Waals surface area contributed by atoms with E-state index < -0.39 is 0 Å². The molecule has 1 aliphatic carbocycles. The third kappa shape index (κ3) is 1.32. The molecule has 15 heavy (non-hydrogen) atoms. The Bertz CT molecular complexity index is 538. The Hall–Kier alpha value is -2.03. The highest BCUT2D eigenvalue weighted by Gasteiger charge is 2.06. The SMILES string of the molecule is Nc1cn(-c2ccc3c(c2)CC=C3)cn1. The van der Waals surface area contributed by atoms with Crippen LogP contribution in [0.5, 0.6) is 0 Å². The van der Waals surface area contributed by atoms with E-state index in [1.165, 1.54) is 11.1 Å². The molecule has 0 bridgehead atoms. The zero-order chi connectivity index (χ0) is 10.3. The lowest BCUT2D eigenvalue weighted by Crippen LogP contribution is -1.92. The fourth-order valence-electron chi connectivity index (χ4n) is 1.88. The number of nitrogen functional groups attached to an aromatic ring is 1. The van der Waals surface area contributed by atoms with Crippen LogP contribution in [0.3, 0.4) is 0 Å². The maximum Gasteiger partial charge on any atom is 0.141 e. The van der Waals surface area contributed by atoms with E-state index in [-0.39, 0.29) is 0 Å². The molecule has 1 aromatic carbocycles.